The lowest BCUT2D eigenvalue weighted by Crippen LogP contribution is -2.39. The van der Waals surface area contributed by atoms with Gasteiger partial charge in [0.1, 0.15) is 5.60 Å². The van der Waals surface area contributed by atoms with Crippen molar-refractivity contribution in [3.8, 4) is 0 Å². The van der Waals surface area contributed by atoms with E-state index in [0.717, 1.165) is 36.0 Å². The van der Waals surface area contributed by atoms with Crippen LogP contribution in [0.15, 0.2) is 29.2 Å². The Morgan fingerprint density at radius 1 is 1.14 bits per heavy atom. The smallest absolute Gasteiger partial charge is 0.410 e. The fourth-order valence-corrected chi connectivity index (χ4v) is 3.80. The van der Waals surface area contributed by atoms with Crippen molar-refractivity contribution in [2.75, 3.05) is 31.1 Å². The highest BCUT2D eigenvalue weighted by Crippen LogP contribution is 2.30. The van der Waals surface area contributed by atoms with E-state index in [2.05, 4.69) is 10.2 Å². The summed E-state index contributed by atoms with van der Waals surface area (Å²) in [6.07, 6.45) is 2.27. The predicted molar refractivity (Wildman–Crippen MR) is 110 cm³/mol. The summed E-state index contributed by atoms with van der Waals surface area (Å²) >= 11 is 0.911. The van der Waals surface area contributed by atoms with Gasteiger partial charge in [0.05, 0.1) is 4.91 Å². The number of ether oxygens (including phenoxy) is 1. The van der Waals surface area contributed by atoms with Crippen LogP contribution in [0.3, 0.4) is 0 Å². The van der Waals surface area contributed by atoms with Crippen molar-refractivity contribution in [3.63, 3.8) is 0 Å². The molecule has 2 heterocycles. The molecule has 3 rings (SSSR count). The van der Waals surface area contributed by atoms with Crippen molar-refractivity contribution < 1.29 is 19.1 Å². The Balaban J connectivity index is 1.75. The fourth-order valence-electron chi connectivity index (χ4n) is 3.13. The number of rotatable bonds is 2. The molecule has 1 N–H and O–H groups in total. The third-order valence-electron chi connectivity index (χ3n) is 4.35. The van der Waals surface area contributed by atoms with Crippen molar-refractivity contribution in [3.05, 3.63) is 34.7 Å². The van der Waals surface area contributed by atoms with Gasteiger partial charge in [-0.15, -0.1) is 0 Å². The van der Waals surface area contributed by atoms with E-state index in [9.17, 15) is 14.4 Å². The quantitative estimate of drug-likeness (QED) is 0.762. The molecule has 7 nitrogen and oxygen atoms in total. The van der Waals surface area contributed by atoms with E-state index in [1.165, 1.54) is 0 Å². The number of carbonyl (C=O) groups excluding carboxylic acids is 3. The Hall–Kier alpha value is -2.48. The first-order chi connectivity index (χ1) is 13.2. The lowest BCUT2D eigenvalue weighted by Gasteiger charge is -2.27. The van der Waals surface area contributed by atoms with Crippen LogP contribution in [-0.2, 0) is 9.53 Å². The molecule has 2 aliphatic rings. The maximum Gasteiger partial charge on any atom is 0.410 e. The summed E-state index contributed by atoms with van der Waals surface area (Å²) in [5.74, 6) is -0.364. The molecule has 0 bridgehead atoms. The number of nitrogens with zero attached hydrogens (tertiary/aromatic N) is 2. The maximum absolute atomic E-state index is 12.4. The van der Waals surface area contributed by atoms with Crippen LogP contribution in [0.2, 0.25) is 0 Å². The van der Waals surface area contributed by atoms with Crippen LogP contribution in [0.5, 0.6) is 0 Å². The molecule has 8 heteroatoms. The average Bonchev–Trinajstić information content (AvgIpc) is 2.81. The summed E-state index contributed by atoms with van der Waals surface area (Å²) in [7, 11) is 0. The van der Waals surface area contributed by atoms with Crippen LogP contribution in [0, 0.1) is 0 Å². The number of hydrogen-bond acceptors (Lipinski definition) is 6. The van der Waals surface area contributed by atoms with Crippen LogP contribution in [0.1, 0.15) is 32.8 Å². The van der Waals surface area contributed by atoms with E-state index < -0.39 is 5.60 Å². The Bertz CT molecular complexity index is 816. The highest BCUT2D eigenvalue weighted by atomic mass is 32.2. The SMILES string of the molecule is CC(C)(C)OC(=O)N1CCCN(c2ccccc2/C=C2\SC(=O)NC2=O)CC1. The number of benzene rings is 1. The molecule has 1 aromatic carbocycles. The molecule has 28 heavy (non-hydrogen) atoms. The van der Waals surface area contributed by atoms with Crippen molar-refractivity contribution in [1.29, 1.82) is 0 Å². The molecular weight excluding hydrogens is 378 g/mol. The first kappa shape index (κ1) is 20.3. The zero-order valence-electron chi connectivity index (χ0n) is 16.4. The minimum absolute atomic E-state index is 0.290. The Morgan fingerprint density at radius 2 is 1.89 bits per heavy atom. The van der Waals surface area contributed by atoms with Gasteiger partial charge in [-0.25, -0.2) is 4.79 Å². The second-order valence-electron chi connectivity index (χ2n) is 7.72. The average molecular weight is 404 g/mol. The molecule has 150 valence electrons. The number of anilines is 1. The number of para-hydroxylation sites is 1. The molecule has 0 spiro atoms. The summed E-state index contributed by atoms with van der Waals surface area (Å²) in [4.78, 5) is 40.0. The van der Waals surface area contributed by atoms with E-state index in [-0.39, 0.29) is 17.2 Å². The number of imide groups is 1. The first-order valence-electron chi connectivity index (χ1n) is 9.30. The Labute approximate surface area is 169 Å². The predicted octanol–water partition coefficient (Wildman–Crippen LogP) is 3.46. The Morgan fingerprint density at radius 3 is 2.57 bits per heavy atom. The fraction of sp³-hybridized carbons (Fsp3) is 0.450. The van der Waals surface area contributed by atoms with Crippen LogP contribution in [0.25, 0.3) is 6.08 Å². The van der Waals surface area contributed by atoms with E-state index >= 15 is 0 Å². The van der Waals surface area contributed by atoms with Crippen LogP contribution < -0.4 is 10.2 Å². The standard InChI is InChI=1S/C20H25N3O4S/c1-20(2,3)27-19(26)23-10-6-9-22(11-12-23)15-8-5-4-7-14(15)13-16-17(24)21-18(25)28-16/h4-5,7-8,13H,6,9-12H2,1-3H3,(H,21,24,25)/b16-13-. The van der Waals surface area contributed by atoms with Gasteiger partial charge in [-0.05, 0) is 56.7 Å². The molecule has 3 amide bonds. The van der Waals surface area contributed by atoms with Gasteiger partial charge < -0.3 is 14.5 Å². The van der Waals surface area contributed by atoms with Crippen molar-refractivity contribution in [2.45, 2.75) is 32.8 Å². The molecule has 0 unspecified atom stereocenters. The summed E-state index contributed by atoms with van der Waals surface area (Å²) in [5, 5.41) is 1.93. The molecule has 0 radical (unpaired) electrons. The molecule has 0 atom stereocenters. The van der Waals surface area contributed by atoms with Gasteiger partial charge in [0.15, 0.2) is 0 Å². The second-order valence-corrected chi connectivity index (χ2v) is 8.73. The molecule has 0 aliphatic carbocycles. The lowest BCUT2D eigenvalue weighted by atomic mass is 10.1. The minimum atomic E-state index is -0.515. The normalized spacial score (nSPS) is 19.6. The summed E-state index contributed by atoms with van der Waals surface area (Å²) in [5.41, 5.74) is 1.34. The number of nitrogens with one attached hydrogen (secondary N) is 1. The lowest BCUT2D eigenvalue weighted by molar-refractivity contribution is -0.115. The van der Waals surface area contributed by atoms with Gasteiger partial charge in [0, 0.05) is 31.9 Å². The molecule has 2 saturated heterocycles. The highest BCUT2D eigenvalue weighted by Gasteiger charge is 2.27. The van der Waals surface area contributed by atoms with Gasteiger partial charge >= 0.3 is 6.09 Å². The van der Waals surface area contributed by atoms with E-state index in [1.54, 1.807) is 11.0 Å². The third kappa shape index (κ3) is 5.07. The molecule has 2 aliphatic heterocycles. The van der Waals surface area contributed by atoms with Crippen molar-refractivity contribution in [2.24, 2.45) is 0 Å². The minimum Gasteiger partial charge on any atom is -0.444 e. The number of carbonyl (C=O) groups is 3. The largest absolute Gasteiger partial charge is 0.444 e. The highest BCUT2D eigenvalue weighted by molar-refractivity contribution is 8.18. The second kappa shape index (κ2) is 8.26. The Kier molecular flexibility index (Phi) is 5.98. The topological polar surface area (TPSA) is 79.0 Å². The van der Waals surface area contributed by atoms with E-state index in [0.29, 0.717) is 24.5 Å². The monoisotopic (exact) mass is 403 g/mol. The molecular formula is C20H25N3O4S. The number of hydrogen-bond donors (Lipinski definition) is 1. The van der Waals surface area contributed by atoms with Crippen LogP contribution in [-0.4, -0.2) is 53.9 Å². The van der Waals surface area contributed by atoms with E-state index in [4.69, 9.17) is 4.74 Å². The molecule has 0 aromatic heterocycles. The summed E-state index contributed by atoms with van der Waals surface area (Å²) in [6, 6.07) is 7.77. The number of thioether (sulfide) groups is 1. The third-order valence-corrected chi connectivity index (χ3v) is 5.16. The van der Waals surface area contributed by atoms with Gasteiger partial charge in [-0.1, -0.05) is 18.2 Å². The molecule has 2 fully saturated rings. The van der Waals surface area contributed by atoms with Gasteiger partial charge in [-0.3, -0.25) is 14.9 Å². The zero-order chi connectivity index (χ0) is 20.3. The van der Waals surface area contributed by atoms with Crippen molar-refractivity contribution in [1.82, 2.24) is 10.2 Å². The maximum atomic E-state index is 12.4. The molecule has 1 aromatic rings. The van der Waals surface area contributed by atoms with Crippen LogP contribution in [0.4, 0.5) is 15.3 Å². The molecule has 0 saturated carbocycles. The first-order valence-corrected chi connectivity index (χ1v) is 10.1. The van der Waals surface area contributed by atoms with E-state index in [1.807, 2.05) is 45.0 Å². The van der Waals surface area contributed by atoms with Crippen molar-refractivity contribution >= 4 is 40.8 Å². The number of amides is 3. The van der Waals surface area contributed by atoms with Gasteiger partial charge in [-0.2, -0.15) is 0 Å². The van der Waals surface area contributed by atoms with Crippen LogP contribution >= 0.6 is 11.8 Å². The zero-order valence-corrected chi connectivity index (χ0v) is 17.2. The summed E-state index contributed by atoms with van der Waals surface area (Å²) in [6.45, 7) is 8.24. The van der Waals surface area contributed by atoms with Gasteiger partial charge in [0.2, 0.25) is 0 Å². The van der Waals surface area contributed by atoms with Gasteiger partial charge in [0.25, 0.3) is 11.1 Å². The summed E-state index contributed by atoms with van der Waals surface area (Å²) < 4.78 is 5.49.